The van der Waals surface area contributed by atoms with Crippen molar-refractivity contribution in [3.05, 3.63) is 65.5 Å². The van der Waals surface area contributed by atoms with Crippen LogP contribution in [0.15, 0.2) is 48.5 Å². The summed E-state index contributed by atoms with van der Waals surface area (Å²) in [5.74, 6) is -0.00685. The van der Waals surface area contributed by atoms with Gasteiger partial charge in [0.05, 0.1) is 6.61 Å². The van der Waals surface area contributed by atoms with E-state index in [4.69, 9.17) is 5.73 Å². The Morgan fingerprint density at radius 1 is 1.00 bits per heavy atom. The first-order valence-electron chi connectivity index (χ1n) is 7.35. The van der Waals surface area contributed by atoms with Gasteiger partial charge in [0.2, 0.25) is 11.9 Å². The normalized spacial score (nSPS) is 10.6. The van der Waals surface area contributed by atoms with Crippen LogP contribution in [0.25, 0.3) is 11.4 Å². The molecule has 0 bridgehead atoms. The lowest BCUT2D eigenvalue weighted by molar-refractivity contribution is 0.276. The highest BCUT2D eigenvalue weighted by Crippen LogP contribution is 2.24. The predicted molar refractivity (Wildman–Crippen MR) is 89.3 cm³/mol. The highest BCUT2D eigenvalue weighted by molar-refractivity contribution is 5.62. The first kappa shape index (κ1) is 15.8. The Morgan fingerprint density at radius 2 is 1.79 bits per heavy atom. The Balaban J connectivity index is 1.91. The summed E-state index contributed by atoms with van der Waals surface area (Å²) in [5, 5.41) is 12.5. The number of nitrogens with zero attached hydrogens (tertiary/aromatic N) is 3. The summed E-state index contributed by atoms with van der Waals surface area (Å²) in [6, 6.07) is 14.2. The maximum Gasteiger partial charge on any atom is 0.228 e. The maximum absolute atomic E-state index is 13.8. The van der Waals surface area contributed by atoms with Gasteiger partial charge < -0.3 is 16.2 Å². The number of benzene rings is 2. The number of halogens is 1. The molecule has 0 fully saturated rings. The number of aliphatic hydroxyl groups excluding tert-OH is 1. The van der Waals surface area contributed by atoms with Gasteiger partial charge in [0, 0.05) is 17.7 Å². The lowest BCUT2D eigenvalue weighted by Gasteiger charge is -2.10. The molecule has 0 radical (unpaired) electrons. The molecule has 3 aromatic rings. The second-order valence-corrected chi connectivity index (χ2v) is 5.10. The lowest BCUT2D eigenvalue weighted by atomic mass is 10.1. The summed E-state index contributed by atoms with van der Waals surface area (Å²) in [5.41, 5.74) is 7.30. The van der Waals surface area contributed by atoms with E-state index in [2.05, 4.69) is 20.3 Å². The summed E-state index contributed by atoms with van der Waals surface area (Å²) in [6.07, 6.45) is 0. The molecule has 0 saturated carbocycles. The molecule has 0 saturated heterocycles. The fraction of sp³-hybridized carbons (Fsp3) is 0.118. The minimum atomic E-state index is -0.521. The lowest BCUT2D eigenvalue weighted by Crippen LogP contribution is -2.09. The van der Waals surface area contributed by atoms with Crippen LogP contribution in [0.2, 0.25) is 0 Å². The Kier molecular flexibility index (Phi) is 4.62. The zero-order valence-corrected chi connectivity index (χ0v) is 12.8. The van der Waals surface area contributed by atoms with Crippen LogP contribution in [0, 0.1) is 5.82 Å². The number of anilines is 2. The van der Waals surface area contributed by atoms with Crippen LogP contribution in [0.1, 0.15) is 11.1 Å². The summed E-state index contributed by atoms with van der Waals surface area (Å²) in [7, 11) is 0. The molecule has 3 rings (SSSR count). The molecule has 2 aromatic carbocycles. The van der Waals surface area contributed by atoms with E-state index in [1.165, 1.54) is 12.1 Å². The molecule has 0 aliphatic heterocycles. The molecule has 0 spiro atoms. The molecule has 0 atom stereocenters. The van der Waals surface area contributed by atoms with Crippen LogP contribution in [-0.2, 0) is 13.2 Å². The van der Waals surface area contributed by atoms with Crippen LogP contribution in [-0.4, -0.2) is 20.1 Å². The van der Waals surface area contributed by atoms with Gasteiger partial charge in [0.1, 0.15) is 5.82 Å². The topological polar surface area (TPSA) is 97.0 Å². The van der Waals surface area contributed by atoms with Crippen molar-refractivity contribution in [1.29, 1.82) is 0 Å². The molecule has 122 valence electrons. The number of aliphatic hydroxyl groups is 1. The minimum Gasteiger partial charge on any atom is -0.392 e. The van der Waals surface area contributed by atoms with Crippen molar-refractivity contribution in [2.45, 2.75) is 13.2 Å². The number of hydrogen-bond acceptors (Lipinski definition) is 6. The SMILES string of the molecule is Nc1nc(NCc2ccccc2)nc(-c2cccc(F)c2CO)n1. The van der Waals surface area contributed by atoms with Gasteiger partial charge in [-0.15, -0.1) is 0 Å². The van der Waals surface area contributed by atoms with Gasteiger partial charge in [-0.25, -0.2) is 4.39 Å². The van der Waals surface area contributed by atoms with Crippen molar-refractivity contribution in [2.75, 3.05) is 11.1 Å². The average molecular weight is 325 g/mol. The molecule has 1 aromatic heterocycles. The van der Waals surface area contributed by atoms with E-state index >= 15 is 0 Å². The Bertz CT molecular complexity index is 842. The van der Waals surface area contributed by atoms with Crippen molar-refractivity contribution in [2.24, 2.45) is 0 Å². The van der Waals surface area contributed by atoms with Gasteiger partial charge >= 0.3 is 0 Å². The average Bonchev–Trinajstić information content (AvgIpc) is 2.60. The number of aromatic nitrogens is 3. The van der Waals surface area contributed by atoms with Gasteiger partial charge in [-0.1, -0.05) is 42.5 Å². The van der Waals surface area contributed by atoms with Crippen molar-refractivity contribution < 1.29 is 9.50 Å². The predicted octanol–water partition coefficient (Wildman–Crippen LogP) is 2.36. The van der Waals surface area contributed by atoms with E-state index in [1.807, 2.05) is 30.3 Å². The summed E-state index contributed by atoms with van der Waals surface area (Å²) >= 11 is 0. The van der Waals surface area contributed by atoms with Crippen molar-refractivity contribution >= 4 is 11.9 Å². The zero-order valence-electron chi connectivity index (χ0n) is 12.8. The molecule has 4 N–H and O–H groups in total. The van der Waals surface area contributed by atoms with Crippen molar-refractivity contribution in [3.8, 4) is 11.4 Å². The molecule has 24 heavy (non-hydrogen) atoms. The number of nitrogens with one attached hydrogen (secondary N) is 1. The third kappa shape index (κ3) is 3.47. The van der Waals surface area contributed by atoms with Gasteiger partial charge in [-0.05, 0) is 11.6 Å². The highest BCUT2D eigenvalue weighted by Gasteiger charge is 2.14. The third-order valence-corrected chi connectivity index (χ3v) is 3.46. The van der Waals surface area contributed by atoms with Gasteiger partial charge in [0.15, 0.2) is 5.82 Å². The smallest absolute Gasteiger partial charge is 0.228 e. The van der Waals surface area contributed by atoms with Crippen LogP contribution in [0.4, 0.5) is 16.3 Å². The van der Waals surface area contributed by atoms with Gasteiger partial charge in [-0.3, -0.25) is 0 Å². The molecular weight excluding hydrogens is 309 g/mol. The second kappa shape index (κ2) is 7.01. The Hall–Kier alpha value is -3.06. The molecule has 0 amide bonds. The molecule has 1 heterocycles. The quantitative estimate of drug-likeness (QED) is 0.666. The monoisotopic (exact) mass is 325 g/mol. The van der Waals surface area contributed by atoms with Crippen LogP contribution in [0.5, 0.6) is 0 Å². The molecule has 7 heteroatoms. The maximum atomic E-state index is 13.8. The fourth-order valence-electron chi connectivity index (χ4n) is 2.30. The van der Waals surface area contributed by atoms with Crippen LogP contribution < -0.4 is 11.1 Å². The fourth-order valence-corrected chi connectivity index (χ4v) is 2.30. The Labute approximate surface area is 138 Å². The van der Waals surface area contributed by atoms with Crippen LogP contribution >= 0.6 is 0 Å². The second-order valence-electron chi connectivity index (χ2n) is 5.10. The van der Waals surface area contributed by atoms with Gasteiger partial charge in [0.25, 0.3) is 0 Å². The molecule has 0 aliphatic rings. The third-order valence-electron chi connectivity index (χ3n) is 3.46. The molecule has 0 unspecified atom stereocenters. The van der Waals surface area contributed by atoms with Crippen molar-refractivity contribution in [1.82, 2.24) is 15.0 Å². The van der Waals surface area contributed by atoms with E-state index in [-0.39, 0.29) is 23.3 Å². The van der Waals surface area contributed by atoms with E-state index in [0.29, 0.717) is 12.1 Å². The summed E-state index contributed by atoms with van der Waals surface area (Å²) in [6.45, 7) is 0.0557. The van der Waals surface area contributed by atoms with E-state index in [9.17, 15) is 9.50 Å². The number of nitrogens with two attached hydrogens (primary N) is 1. The first-order valence-corrected chi connectivity index (χ1v) is 7.35. The standard InChI is InChI=1S/C17H16FN5O/c18-14-8-4-7-12(13(14)10-24)15-21-16(19)23-17(22-15)20-9-11-5-2-1-3-6-11/h1-8,24H,9-10H2,(H3,19,20,21,22,23). The number of rotatable bonds is 5. The first-order chi connectivity index (χ1) is 11.7. The van der Waals surface area contributed by atoms with E-state index in [0.717, 1.165) is 5.56 Å². The Morgan fingerprint density at radius 3 is 2.54 bits per heavy atom. The summed E-state index contributed by atoms with van der Waals surface area (Å²) in [4.78, 5) is 12.4. The zero-order chi connectivity index (χ0) is 16.9. The highest BCUT2D eigenvalue weighted by atomic mass is 19.1. The van der Waals surface area contributed by atoms with Gasteiger partial charge in [-0.2, -0.15) is 15.0 Å². The van der Waals surface area contributed by atoms with E-state index < -0.39 is 12.4 Å². The van der Waals surface area contributed by atoms with Crippen molar-refractivity contribution in [3.63, 3.8) is 0 Å². The molecule has 6 nitrogen and oxygen atoms in total. The minimum absolute atomic E-state index is 0.0173. The summed E-state index contributed by atoms with van der Waals surface area (Å²) < 4.78 is 13.8. The van der Waals surface area contributed by atoms with E-state index in [1.54, 1.807) is 6.07 Å². The molecule has 0 aliphatic carbocycles. The molecular formula is C17H16FN5O. The largest absolute Gasteiger partial charge is 0.392 e. The number of hydrogen-bond donors (Lipinski definition) is 3. The number of nitrogen functional groups attached to an aromatic ring is 1. The van der Waals surface area contributed by atoms with Crippen LogP contribution in [0.3, 0.4) is 0 Å².